The van der Waals surface area contributed by atoms with E-state index in [0.29, 0.717) is 26.2 Å². The zero-order valence-electron chi connectivity index (χ0n) is 11.6. The van der Waals surface area contributed by atoms with Crippen molar-refractivity contribution in [3.8, 4) is 0 Å². The van der Waals surface area contributed by atoms with Crippen LogP contribution in [0.5, 0.6) is 0 Å². The average Bonchev–Trinajstić information content (AvgIpc) is 2.48. The van der Waals surface area contributed by atoms with Crippen molar-refractivity contribution in [3.63, 3.8) is 0 Å². The molecule has 2 rings (SSSR count). The molecule has 4 N–H and O–H groups in total. The number of nitrogens with two attached hydrogens (primary N) is 1. The number of primary amides is 1. The zero-order chi connectivity index (χ0) is 14.4. The van der Waals surface area contributed by atoms with Crippen molar-refractivity contribution in [2.75, 3.05) is 59.0 Å². The maximum absolute atomic E-state index is 12.0. The Labute approximate surface area is 118 Å². The summed E-state index contributed by atoms with van der Waals surface area (Å²) in [5.41, 5.74) is 5.24. The van der Waals surface area contributed by atoms with Gasteiger partial charge in [-0.15, -0.1) is 0 Å². The van der Waals surface area contributed by atoms with Crippen molar-refractivity contribution in [1.82, 2.24) is 20.4 Å². The Morgan fingerprint density at radius 2 is 2.05 bits per heavy atom. The third-order valence-corrected chi connectivity index (χ3v) is 3.63. The fourth-order valence-electron chi connectivity index (χ4n) is 2.41. The molecule has 0 aromatic rings. The third kappa shape index (κ3) is 4.32. The van der Waals surface area contributed by atoms with Crippen LogP contribution in [0.1, 0.15) is 0 Å². The zero-order valence-corrected chi connectivity index (χ0v) is 11.6. The molecule has 0 aliphatic carbocycles. The van der Waals surface area contributed by atoms with Gasteiger partial charge in [0.05, 0.1) is 13.2 Å². The number of rotatable bonds is 4. The van der Waals surface area contributed by atoms with Gasteiger partial charge in [-0.05, 0) is 0 Å². The molecule has 0 aromatic carbocycles. The van der Waals surface area contributed by atoms with Crippen LogP contribution in [0.4, 0.5) is 4.79 Å². The second-order valence-corrected chi connectivity index (χ2v) is 5.04. The van der Waals surface area contributed by atoms with Gasteiger partial charge in [-0.3, -0.25) is 9.69 Å². The smallest absolute Gasteiger partial charge is 0.314 e. The molecule has 0 saturated carbocycles. The normalized spacial score (nSPS) is 24.4. The second-order valence-electron chi connectivity index (χ2n) is 5.04. The molecule has 0 radical (unpaired) electrons. The lowest BCUT2D eigenvalue weighted by molar-refractivity contribution is -0.124. The van der Waals surface area contributed by atoms with E-state index < -0.39 is 6.03 Å². The first kappa shape index (κ1) is 15.0. The molecule has 1 unspecified atom stereocenters. The highest BCUT2D eigenvalue weighted by Gasteiger charge is 2.26. The summed E-state index contributed by atoms with van der Waals surface area (Å²) in [5.74, 6) is -0.0794. The van der Waals surface area contributed by atoms with E-state index in [4.69, 9.17) is 10.5 Å². The molecule has 2 fully saturated rings. The molecule has 8 nitrogen and oxygen atoms in total. The number of urea groups is 1. The van der Waals surface area contributed by atoms with Crippen molar-refractivity contribution >= 4 is 11.9 Å². The van der Waals surface area contributed by atoms with E-state index in [1.54, 1.807) is 0 Å². The van der Waals surface area contributed by atoms with Crippen LogP contribution in [0.2, 0.25) is 0 Å². The largest absolute Gasteiger partial charge is 0.379 e. The summed E-state index contributed by atoms with van der Waals surface area (Å²) in [6.07, 6.45) is 0. The number of morpholine rings is 1. The van der Waals surface area contributed by atoms with E-state index in [1.807, 2.05) is 0 Å². The lowest BCUT2D eigenvalue weighted by Gasteiger charge is -2.32. The highest BCUT2D eigenvalue weighted by atomic mass is 16.5. The highest BCUT2D eigenvalue weighted by Crippen LogP contribution is 1.99. The predicted molar refractivity (Wildman–Crippen MR) is 73.2 cm³/mol. The lowest BCUT2D eigenvalue weighted by Crippen LogP contribution is -2.59. The van der Waals surface area contributed by atoms with Gasteiger partial charge < -0.3 is 26.0 Å². The van der Waals surface area contributed by atoms with Gasteiger partial charge in [0.2, 0.25) is 5.91 Å². The summed E-state index contributed by atoms with van der Waals surface area (Å²) >= 11 is 0. The fourth-order valence-corrected chi connectivity index (χ4v) is 2.41. The van der Waals surface area contributed by atoms with Gasteiger partial charge in [0, 0.05) is 45.8 Å². The number of nitrogens with zero attached hydrogens (tertiary/aromatic N) is 2. The molecular weight excluding hydrogens is 262 g/mol. The molecular formula is C12H23N5O3. The SMILES string of the molecule is NC(=O)N1CCNC(C(=O)NCCN2CCOCC2)C1. The number of ether oxygens (including phenoxy) is 1. The minimum Gasteiger partial charge on any atom is -0.379 e. The molecule has 0 bridgehead atoms. The molecule has 2 aliphatic rings. The quantitative estimate of drug-likeness (QED) is 0.544. The molecule has 2 saturated heterocycles. The molecule has 3 amide bonds. The van der Waals surface area contributed by atoms with Gasteiger partial charge >= 0.3 is 6.03 Å². The van der Waals surface area contributed by atoms with E-state index in [1.165, 1.54) is 4.90 Å². The first-order valence-electron chi connectivity index (χ1n) is 7.02. The van der Waals surface area contributed by atoms with Crippen molar-refractivity contribution in [2.45, 2.75) is 6.04 Å². The third-order valence-electron chi connectivity index (χ3n) is 3.63. The molecule has 20 heavy (non-hydrogen) atoms. The molecule has 0 spiro atoms. The monoisotopic (exact) mass is 285 g/mol. The number of amides is 3. The number of hydrogen-bond acceptors (Lipinski definition) is 5. The maximum atomic E-state index is 12.0. The van der Waals surface area contributed by atoms with Gasteiger partial charge in [-0.25, -0.2) is 4.79 Å². The topological polar surface area (TPSA) is 99.9 Å². The Morgan fingerprint density at radius 3 is 2.75 bits per heavy atom. The molecule has 8 heteroatoms. The maximum Gasteiger partial charge on any atom is 0.314 e. The van der Waals surface area contributed by atoms with Crippen molar-refractivity contribution in [2.24, 2.45) is 5.73 Å². The van der Waals surface area contributed by atoms with Crippen LogP contribution >= 0.6 is 0 Å². The summed E-state index contributed by atoms with van der Waals surface area (Å²) in [5, 5.41) is 5.99. The Bertz CT molecular complexity index is 346. The van der Waals surface area contributed by atoms with Gasteiger partial charge in [0.1, 0.15) is 6.04 Å². The van der Waals surface area contributed by atoms with Crippen LogP contribution in [0.3, 0.4) is 0 Å². The van der Waals surface area contributed by atoms with Crippen molar-refractivity contribution < 1.29 is 14.3 Å². The second kappa shape index (κ2) is 7.41. The molecule has 114 valence electrons. The molecule has 2 aliphatic heterocycles. The van der Waals surface area contributed by atoms with E-state index in [9.17, 15) is 9.59 Å². The van der Waals surface area contributed by atoms with Crippen molar-refractivity contribution in [3.05, 3.63) is 0 Å². The Balaban J connectivity index is 1.67. The van der Waals surface area contributed by atoms with Crippen LogP contribution < -0.4 is 16.4 Å². The number of carbonyl (C=O) groups is 2. The summed E-state index contributed by atoms with van der Waals surface area (Å²) in [6, 6.07) is -0.849. The number of nitrogens with one attached hydrogen (secondary N) is 2. The average molecular weight is 285 g/mol. The fraction of sp³-hybridized carbons (Fsp3) is 0.833. The van der Waals surface area contributed by atoms with Crippen molar-refractivity contribution in [1.29, 1.82) is 0 Å². The van der Waals surface area contributed by atoms with Crippen LogP contribution in [-0.2, 0) is 9.53 Å². The summed E-state index contributed by atoms with van der Waals surface area (Å²) in [7, 11) is 0. The first-order valence-corrected chi connectivity index (χ1v) is 7.02. The Morgan fingerprint density at radius 1 is 1.30 bits per heavy atom. The number of piperazine rings is 1. The van der Waals surface area contributed by atoms with Crippen LogP contribution in [0.15, 0.2) is 0 Å². The minimum atomic E-state index is -0.474. The van der Waals surface area contributed by atoms with Gasteiger partial charge in [0.25, 0.3) is 0 Å². The standard InChI is InChI=1S/C12H23N5O3/c13-12(19)17-4-2-14-10(9-17)11(18)15-1-3-16-5-7-20-8-6-16/h10,14H,1-9H2,(H2,13,19)(H,15,18). The molecule has 0 aromatic heterocycles. The predicted octanol–water partition coefficient (Wildman–Crippen LogP) is -2.21. The van der Waals surface area contributed by atoms with Gasteiger partial charge in [-0.2, -0.15) is 0 Å². The van der Waals surface area contributed by atoms with Gasteiger partial charge in [0.15, 0.2) is 0 Å². The highest BCUT2D eigenvalue weighted by molar-refractivity contribution is 5.83. The summed E-state index contributed by atoms with van der Waals surface area (Å²) < 4.78 is 5.27. The minimum absolute atomic E-state index is 0.0794. The Hall–Kier alpha value is -1.38. The number of carbonyl (C=O) groups excluding carboxylic acids is 2. The molecule has 2 heterocycles. The first-order chi connectivity index (χ1) is 9.66. The van der Waals surface area contributed by atoms with Crippen LogP contribution in [-0.4, -0.2) is 86.8 Å². The molecule has 1 atom stereocenters. The van der Waals surface area contributed by atoms with Crippen LogP contribution in [0.25, 0.3) is 0 Å². The van der Waals surface area contributed by atoms with E-state index >= 15 is 0 Å². The van der Waals surface area contributed by atoms with Crippen LogP contribution in [0, 0.1) is 0 Å². The van der Waals surface area contributed by atoms with E-state index in [-0.39, 0.29) is 11.9 Å². The lowest BCUT2D eigenvalue weighted by atomic mass is 10.2. The summed E-state index contributed by atoms with van der Waals surface area (Å²) in [6.45, 7) is 6.22. The van der Waals surface area contributed by atoms with E-state index in [2.05, 4.69) is 15.5 Å². The van der Waals surface area contributed by atoms with Gasteiger partial charge in [-0.1, -0.05) is 0 Å². The summed E-state index contributed by atoms with van der Waals surface area (Å²) in [4.78, 5) is 26.9. The number of hydrogen-bond donors (Lipinski definition) is 3. The van der Waals surface area contributed by atoms with E-state index in [0.717, 1.165) is 32.8 Å². The Kier molecular flexibility index (Phi) is 5.57.